The van der Waals surface area contributed by atoms with Crippen molar-refractivity contribution in [2.45, 2.75) is 39.5 Å². The van der Waals surface area contributed by atoms with E-state index < -0.39 is 0 Å². The van der Waals surface area contributed by atoms with E-state index >= 15 is 0 Å². The Morgan fingerprint density at radius 2 is 2.20 bits per heavy atom. The van der Waals surface area contributed by atoms with Gasteiger partial charge in [-0.1, -0.05) is 25.4 Å². The lowest BCUT2D eigenvalue weighted by Crippen LogP contribution is -1.95. The Labute approximate surface area is 63.3 Å². The van der Waals surface area contributed by atoms with E-state index in [0.717, 1.165) is 18.6 Å². The molecule has 0 aliphatic rings. The fraction of sp³-hybridized carbons (Fsp3) is 0.750. The summed E-state index contributed by atoms with van der Waals surface area (Å²) in [5, 5.41) is 3.79. The molecule has 0 aromatic carbocycles. The van der Waals surface area contributed by atoms with Gasteiger partial charge in [0.25, 0.3) is 0 Å². The first-order valence-corrected chi connectivity index (χ1v) is 3.82. The minimum absolute atomic E-state index is 0.968. The maximum Gasteiger partial charge on any atom is 0.153 e. The summed E-state index contributed by atoms with van der Waals surface area (Å²) in [5.41, 5.74) is 1.11. The zero-order valence-corrected chi connectivity index (χ0v) is 6.89. The quantitative estimate of drug-likeness (QED) is 0.427. The molecule has 0 spiro atoms. The first kappa shape index (κ1) is 9.47. The zero-order chi connectivity index (χ0) is 7.82. The van der Waals surface area contributed by atoms with Gasteiger partial charge in [0.15, 0.2) is 7.11 Å². The summed E-state index contributed by atoms with van der Waals surface area (Å²) in [7, 11) is 3.19. The molecule has 0 saturated carbocycles. The minimum Gasteiger partial charge on any atom is -0.392 e. The smallest absolute Gasteiger partial charge is 0.153 e. The Morgan fingerprint density at radius 3 is 2.60 bits per heavy atom. The van der Waals surface area contributed by atoms with Crippen LogP contribution in [0.5, 0.6) is 0 Å². The summed E-state index contributed by atoms with van der Waals surface area (Å²) in [6, 6.07) is 0. The maximum absolute atomic E-state index is 4.43. The summed E-state index contributed by atoms with van der Waals surface area (Å²) in [6.45, 7) is 4.24. The molecular weight excluding hydrogens is 126 g/mol. The predicted octanol–water partition coefficient (Wildman–Crippen LogP) is 2.75. The molecule has 59 valence electrons. The van der Waals surface area contributed by atoms with Crippen molar-refractivity contribution in [1.29, 1.82) is 0 Å². The highest BCUT2D eigenvalue weighted by Crippen LogP contribution is 2.00. The molecule has 0 N–H and O–H groups in total. The number of hydrogen-bond donors (Lipinski definition) is 0. The second-order valence-corrected chi connectivity index (χ2v) is 2.24. The SMILES string of the molecule is [CH2]O/N=C(\CC)CCCC. The molecule has 0 unspecified atom stereocenters. The third-order valence-corrected chi connectivity index (χ3v) is 1.42. The van der Waals surface area contributed by atoms with E-state index in [9.17, 15) is 0 Å². The second-order valence-electron chi connectivity index (χ2n) is 2.24. The van der Waals surface area contributed by atoms with Crippen LogP contribution < -0.4 is 0 Å². The number of hydrogen-bond acceptors (Lipinski definition) is 2. The maximum atomic E-state index is 4.43. The summed E-state index contributed by atoms with van der Waals surface area (Å²) < 4.78 is 0. The Hall–Kier alpha value is -0.530. The van der Waals surface area contributed by atoms with Crippen molar-refractivity contribution in [1.82, 2.24) is 0 Å². The molecule has 0 aliphatic carbocycles. The second kappa shape index (κ2) is 6.59. The van der Waals surface area contributed by atoms with Crippen molar-refractivity contribution in [3.05, 3.63) is 7.11 Å². The first-order valence-electron chi connectivity index (χ1n) is 3.82. The van der Waals surface area contributed by atoms with E-state index in [1.165, 1.54) is 12.8 Å². The molecule has 0 aliphatic heterocycles. The van der Waals surface area contributed by atoms with Gasteiger partial charge in [-0.3, -0.25) is 0 Å². The fourth-order valence-corrected chi connectivity index (χ4v) is 0.759. The third-order valence-electron chi connectivity index (χ3n) is 1.42. The Bertz CT molecular complexity index is 99.4. The highest BCUT2D eigenvalue weighted by atomic mass is 16.6. The van der Waals surface area contributed by atoms with Crippen LogP contribution >= 0.6 is 0 Å². The largest absolute Gasteiger partial charge is 0.392 e. The van der Waals surface area contributed by atoms with Crippen LogP contribution in [0.4, 0.5) is 0 Å². The molecular formula is C8H16NO. The van der Waals surface area contributed by atoms with Gasteiger partial charge in [-0.05, 0) is 19.3 Å². The summed E-state index contributed by atoms with van der Waals surface area (Å²) in [5.74, 6) is 0. The van der Waals surface area contributed by atoms with E-state index in [0.29, 0.717) is 0 Å². The molecule has 0 heterocycles. The molecule has 2 heteroatoms. The van der Waals surface area contributed by atoms with Crippen molar-refractivity contribution >= 4 is 5.71 Å². The number of rotatable bonds is 5. The van der Waals surface area contributed by atoms with Crippen LogP contribution in [0.25, 0.3) is 0 Å². The average Bonchev–Trinajstić information content (AvgIpc) is 1.98. The van der Waals surface area contributed by atoms with Crippen LogP contribution in [-0.4, -0.2) is 5.71 Å². The molecule has 10 heavy (non-hydrogen) atoms. The Morgan fingerprint density at radius 1 is 1.50 bits per heavy atom. The standard InChI is InChI=1S/C8H16NO/c1-4-6-7-8(5-2)9-10-3/h3-7H2,1-2H3/b9-8+. The normalized spacial score (nSPS) is 11.7. The minimum atomic E-state index is 0.968. The molecule has 0 aromatic rings. The van der Waals surface area contributed by atoms with E-state index in [4.69, 9.17) is 0 Å². The zero-order valence-electron chi connectivity index (χ0n) is 6.89. The summed E-state index contributed by atoms with van der Waals surface area (Å²) in [6.07, 6.45) is 4.41. The first-order chi connectivity index (χ1) is 4.85. The van der Waals surface area contributed by atoms with Gasteiger partial charge in [0.1, 0.15) is 0 Å². The van der Waals surface area contributed by atoms with Crippen molar-refractivity contribution in [3.8, 4) is 0 Å². The summed E-state index contributed by atoms with van der Waals surface area (Å²) in [4.78, 5) is 4.43. The van der Waals surface area contributed by atoms with Gasteiger partial charge in [0.05, 0.1) is 5.71 Å². The van der Waals surface area contributed by atoms with Crippen LogP contribution in [0.3, 0.4) is 0 Å². The van der Waals surface area contributed by atoms with Crippen LogP contribution in [0.2, 0.25) is 0 Å². The van der Waals surface area contributed by atoms with E-state index in [1.54, 1.807) is 0 Å². The third kappa shape index (κ3) is 4.36. The molecule has 0 atom stereocenters. The molecule has 2 nitrogen and oxygen atoms in total. The highest BCUT2D eigenvalue weighted by Gasteiger charge is 1.94. The molecule has 0 bridgehead atoms. The van der Waals surface area contributed by atoms with Crippen molar-refractivity contribution in [2.75, 3.05) is 0 Å². The Kier molecular flexibility index (Phi) is 6.24. The van der Waals surface area contributed by atoms with Gasteiger partial charge in [0, 0.05) is 0 Å². The van der Waals surface area contributed by atoms with Gasteiger partial charge >= 0.3 is 0 Å². The predicted molar refractivity (Wildman–Crippen MR) is 43.7 cm³/mol. The molecule has 1 radical (unpaired) electrons. The number of unbranched alkanes of at least 4 members (excludes halogenated alkanes) is 1. The molecule has 0 aromatic heterocycles. The molecule has 0 amide bonds. The monoisotopic (exact) mass is 142 g/mol. The lowest BCUT2D eigenvalue weighted by Gasteiger charge is -1.99. The van der Waals surface area contributed by atoms with E-state index in [-0.39, 0.29) is 0 Å². The van der Waals surface area contributed by atoms with Crippen LogP contribution in [0, 0.1) is 7.11 Å². The van der Waals surface area contributed by atoms with Crippen molar-refractivity contribution in [3.63, 3.8) is 0 Å². The molecule has 0 rings (SSSR count). The van der Waals surface area contributed by atoms with Gasteiger partial charge in [0.2, 0.25) is 0 Å². The van der Waals surface area contributed by atoms with Crippen LogP contribution in [0.1, 0.15) is 39.5 Å². The van der Waals surface area contributed by atoms with Crippen molar-refractivity contribution < 1.29 is 4.84 Å². The molecule has 0 fully saturated rings. The lowest BCUT2D eigenvalue weighted by molar-refractivity contribution is 0.258. The average molecular weight is 142 g/mol. The number of nitrogens with zero attached hydrogens (tertiary/aromatic N) is 1. The van der Waals surface area contributed by atoms with E-state index in [2.05, 4.69) is 31.0 Å². The topological polar surface area (TPSA) is 21.6 Å². The highest BCUT2D eigenvalue weighted by molar-refractivity contribution is 5.83. The van der Waals surface area contributed by atoms with Crippen LogP contribution in [-0.2, 0) is 4.84 Å². The van der Waals surface area contributed by atoms with Gasteiger partial charge in [-0.2, -0.15) is 0 Å². The fourth-order valence-electron chi connectivity index (χ4n) is 0.759. The van der Waals surface area contributed by atoms with Crippen molar-refractivity contribution in [2.24, 2.45) is 5.16 Å². The van der Waals surface area contributed by atoms with Crippen LogP contribution in [0.15, 0.2) is 5.16 Å². The lowest BCUT2D eigenvalue weighted by atomic mass is 10.1. The molecule has 0 saturated heterocycles. The summed E-state index contributed by atoms with van der Waals surface area (Å²) >= 11 is 0. The van der Waals surface area contributed by atoms with E-state index in [1.807, 2.05) is 0 Å². The van der Waals surface area contributed by atoms with Gasteiger partial charge in [-0.25, -0.2) is 0 Å². The van der Waals surface area contributed by atoms with Gasteiger partial charge in [-0.15, -0.1) is 0 Å². The van der Waals surface area contributed by atoms with Gasteiger partial charge < -0.3 is 4.84 Å². The number of oxime groups is 1. The Balaban J connectivity index is 3.49.